The molecule has 0 aromatic carbocycles. The van der Waals surface area contributed by atoms with Gasteiger partial charge >= 0.3 is 12.0 Å². The SMILES string of the molecule is O=C(O)CNC(=O)N(C1CCCCC1)C1CCCCC1. The molecule has 2 rings (SSSR count). The van der Waals surface area contributed by atoms with Gasteiger partial charge in [0.05, 0.1) is 0 Å². The van der Waals surface area contributed by atoms with Crippen molar-refractivity contribution in [2.24, 2.45) is 0 Å². The maximum atomic E-state index is 12.4. The number of carbonyl (C=O) groups excluding carboxylic acids is 1. The van der Waals surface area contributed by atoms with Gasteiger partial charge < -0.3 is 15.3 Å². The predicted octanol–water partition coefficient (Wildman–Crippen LogP) is 2.75. The molecule has 0 atom stereocenters. The van der Waals surface area contributed by atoms with Crippen LogP contribution in [0.4, 0.5) is 4.79 Å². The molecule has 0 unspecified atom stereocenters. The van der Waals surface area contributed by atoms with E-state index in [4.69, 9.17) is 5.11 Å². The molecule has 2 N–H and O–H groups in total. The van der Waals surface area contributed by atoms with Crippen LogP contribution in [0.2, 0.25) is 0 Å². The van der Waals surface area contributed by atoms with Crippen molar-refractivity contribution in [3.63, 3.8) is 0 Å². The van der Waals surface area contributed by atoms with E-state index in [9.17, 15) is 9.59 Å². The molecule has 114 valence electrons. The molecule has 2 aliphatic carbocycles. The van der Waals surface area contributed by atoms with E-state index in [0.29, 0.717) is 12.1 Å². The smallest absolute Gasteiger partial charge is 0.323 e. The minimum atomic E-state index is -0.981. The molecule has 5 heteroatoms. The van der Waals surface area contributed by atoms with Crippen LogP contribution < -0.4 is 5.32 Å². The number of aliphatic carboxylic acids is 1. The fraction of sp³-hybridized carbons (Fsp3) is 0.867. The summed E-state index contributed by atoms with van der Waals surface area (Å²) in [5.74, 6) is -0.981. The van der Waals surface area contributed by atoms with Gasteiger partial charge in [-0.25, -0.2) is 4.79 Å². The monoisotopic (exact) mass is 282 g/mol. The molecule has 0 spiro atoms. The van der Waals surface area contributed by atoms with Crippen molar-refractivity contribution in [2.45, 2.75) is 76.3 Å². The third-order valence-electron chi connectivity index (χ3n) is 4.56. The molecule has 0 heterocycles. The van der Waals surface area contributed by atoms with Gasteiger partial charge in [0.2, 0.25) is 0 Å². The van der Waals surface area contributed by atoms with Crippen molar-refractivity contribution in [3.8, 4) is 0 Å². The predicted molar refractivity (Wildman–Crippen MR) is 76.6 cm³/mol. The van der Waals surface area contributed by atoms with Gasteiger partial charge in [-0.2, -0.15) is 0 Å². The molecule has 2 amide bonds. The van der Waals surface area contributed by atoms with Crippen molar-refractivity contribution in [1.29, 1.82) is 0 Å². The zero-order chi connectivity index (χ0) is 14.4. The Hall–Kier alpha value is -1.26. The van der Waals surface area contributed by atoms with Gasteiger partial charge in [0, 0.05) is 12.1 Å². The van der Waals surface area contributed by atoms with Crippen LogP contribution in [0, 0.1) is 0 Å². The van der Waals surface area contributed by atoms with Gasteiger partial charge in [-0.1, -0.05) is 38.5 Å². The molecule has 0 saturated heterocycles. The summed E-state index contributed by atoms with van der Waals surface area (Å²) in [7, 11) is 0. The molecular weight excluding hydrogens is 256 g/mol. The molecule has 0 aromatic rings. The Morgan fingerprint density at radius 2 is 1.35 bits per heavy atom. The van der Waals surface area contributed by atoms with Crippen molar-refractivity contribution >= 4 is 12.0 Å². The van der Waals surface area contributed by atoms with Crippen molar-refractivity contribution in [1.82, 2.24) is 10.2 Å². The Bertz CT molecular complexity index is 316. The highest BCUT2D eigenvalue weighted by molar-refractivity contribution is 5.80. The van der Waals surface area contributed by atoms with E-state index in [0.717, 1.165) is 25.7 Å². The Kier molecular flexibility index (Phi) is 5.68. The Balaban J connectivity index is 2.01. The molecule has 2 aliphatic rings. The average Bonchev–Trinajstić information content (AvgIpc) is 2.48. The first-order chi connectivity index (χ1) is 9.68. The van der Waals surface area contributed by atoms with Crippen molar-refractivity contribution in [3.05, 3.63) is 0 Å². The van der Waals surface area contributed by atoms with Crippen molar-refractivity contribution in [2.75, 3.05) is 6.54 Å². The summed E-state index contributed by atoms with van der Waals surface area (Å²) in [6, 6.07) is 0.437. The lowest BCUT2D eigenvalue weighted by Gasteiger charge is -2.41. The quantitative estimate of drug-likeness (QED) is 0.833. The molecule has 2 saturated carbocycles. The van der Waals surface area contributed by atoms with E-state index in [2.05, 4.69) is 5.32 Å². The first kappa shape index (κ1) is 15.1. The fourth-order valence-electron chi connectivity index (χ4n) is 3.59. The van der Waals surface area contributed by atoms with Crippen LogP contribution in [0.15, 0.2) is 0 Å². The normalized spacial score (nSPS) is 21.4. The largest absolute Gasteiger partial charge is 0.480 e. The minimum Gasteiger partial charge on any atom is -0.480 e. The van der Waals surface area contributed by atoms with Crippen LogP contribution in [0.1, 0.15) is 64.2 Å². The number of carboxylic acids is 1. The summed E-state index contributed by atoms with van der Waals surface area (Å²) in [6.45, 7) is -0.283. The van der Waals surface area contributed by atoms with Crippen LogP contribution in [0.25, 0.3) is 0 Å². The van der Waals surface area contributed by atoms with Gasteiger partial charge in [-0.05, 0) is 25.7 Å². The van der Waals surface area contributed by atoms with Gasteiger partial charge in [-0.15, -0.1) is 0 Å². The standard InChI is InChI=1S/C15H26N2O3/c18-14(19)11-16-15(20)17(12-7-3-1-4-8-12)13-9-5-2-6-10-13/h12-13H,1-11H2,(H,16,20)(H,18,19). The lowest BCUT2D eigenvalue weighted by molar-refractivity contribution is -0.135. The number of nitrogens with one attached hydrogen (secondary N) is 1. The molecular formula is C15H26N2O3. The second-order valence-corrected chi connectivity index (χ2v) is 6.04. The summed E-state index contributed by atoms with van der Waals surface area (Å²) in [6.07, 6.45) is 11.5. The van der Waals surface area contributed by atoms with E-state index in [-0.39, 0.29) is 12.6 Å². The van der Waals surface area contributed by atoms with E-state index >= 15 is 0 Å². The average molecular weight is 282 g/mol. The Labute approximate surface area is 120 Å². The highest BCUT2D eigenvalue weighted by Crippen LogP contribution is 2.30. The number of amides is 2. The van der Waals surface area contributed by atoms with Crippen LogP contribution in [-0.2, 0) is 4.79 Å². The van der Waals surface area contributed by atoms with Crippen LogP contribution in [0.5, 0.6) is 0 Å². The highest BCUT2D eigenvalue weighted by Gasteiger charge is 2.32. The highest BCUT2D eigenvalue weighted by atomic mass is 16.4. The summed E-state index contributed by atoms with van der Waals surface area (Å²) in [5.41, 5.74) is 0. The maximum absolute atomic E-state index is 12.4. The van der Waals surface area contributed by atoms with Gasteiger partial charge in [0.25, 0.3) is 0 Å². The second kappa shape index (κ2) is 7.50. The number of rotatable bonds is 4. The number of hydrogen-bond acceptors (Lipinski definition) is 2. The summed E-state index contributed by atoms with van der Waals surface area (Å²) < 4.78 is 0. The van der Waals surface area contributed by atoms with Crippen LogP contribution >= 0.6 is 0 Å². The van der Waals surface area contributed by atoms with Crippen LogP contribution in [0.3, 0.4) is 0 Å². The first-order valence-electron chi connectivity index (χ1n) is 7.96. The molecule has 0 aliphatic heterocycles. The summed E-state index contributed by atoms with van der Waals surface area (Å²) >= 11 is 0. The molecule has 2 fully saturated rings. The lowest BCUT2D eigenvalue weighted by atomic mass is 9.89. The van der Waals surface area contributed by atoms with E-state index in [1.807, 2.05) is 4.90 Å². The number of hydrogen-bond donors (Lipinski definition) is 2. The van der Waals surface area contributed by atoms with E-state index in [1.54, 1.807) is 0 Å². The first-order valence-corrected chi connectivity index (χ1v) is 7.96. The van der Waals surface area contributed by atoms with Crippen molar-refractivity contribution < 1.29 is 14.7 Å². The fourth-order valence-corrected chi connectivity index (χ4v) is 3.59. The topological polar surface area (TPSA) is 69.6 Å². The summed E-state index contributed by atoms with van der Waals surface area (Å²) in [5, 5.41) is 11.3. The number of carbonyl (C=O) groups is 2. The molecule has 0 radical (unpaired) electrons. The lowest BCUT2D eigenvalue weighted by Crippen LogP contribution is -2.53. The van der Waals surface area contributed by atoms with E-state index < -0.39 is 5.97 Å². The number of urea groups is 1. The summed E-state index contributed by atoms with van der Waals surface area (Å²) in [4.78, 5) is 25.0. The minimum absolute atomic E-state index is 0.175. The molecule has 5 nitrogen and oxygen atoms in total. The maximum Gasteiger partial charge on any atom is 0.323 e. The Morgan fingerprint density at radius 3 is 1.75 bits per heavy atom. The van der Waals surface area contributed by atoms with E-state index in [1.165, 1.54) is 38.5 Å². The third kappa shape index (κ3) is 4.12. The van der Waals surface area contributed by atoms with Crippen LogP contribution in [-0.4, -0.2) is 40.6 Å². The van der Waals surface area contributed by atoms with Gasteiger partial charge in [0.1, 0.15) is 6.54 Å². The third-order valence-corrected chi connectivity index (χ3v) is 4.56. The second-order valence-electron chi connectivity index (χ2n) is 6.04. The van der Waals surface area contributed by atoms with Gasteiger partial charge in [0.15, 0.2) is 0 Å². The number of carboxylic acid groups (broad SMARTS) is 1. The zero-order valence-electron chi connectivity index (χ0n) is 12.1. The molecule has 0 aromatic heterocycles. The molecule has 0 bridgehead atoms. The Morgan fingerprint density at radius 1 is 0.900 bits per heavy atom. The number of nitrogens with zero attached hydrogens (tertiary/aromatic N) is 1. The zero-order valence-corrected chi connectivity index (χ0v) is 12.1. The molecule has 20 heavy (non-hydrogen) atoms. The van der Waals surface area contributed by atoms with Gasteiger partial charge in [-0.3, -0.25) is 4.79 Å².